The fraction of sp³-hybridized carbons (Fsp3) is 0.263. The summed E-state index contributed by atoms with van der Waals surface area (Å²) in [5, 5.41) is 2.60. The first-order valence-electron chi connectivity index (χ1n) is 8.19. The van der Waals surface area contributed by atoms with Crippen molar-refractivity contribution in [3.05, 3.63) is 57.9 Å². The van der Waals surface area contributed by atoms with Gasteiger partial charge >= 0.3 is 11.9 Å². The maximum atomic E-state index is 12.2. The number of amides is 1. The van der Waals surface area contributed by atoms with Crippen LogP contribution in [0.2, 0.25) is 5.15 Å². The third-order valence-corrected chi connectivity index (χ3v) is 3.79. The van der Waals surface area contributed by atoms with Gasteiger partial charge in [0.1, 0.15) is 5.15 Å². The number of carbonyl (C=O) groups is 3. The molecule has 0 aliphatic carbocycles. The van der Waals surface area contributed by atoms with Gasteiger partial charge in [0.25, 0.3) is 5.91 Å². The van der Waals surface area contributed by atoms with Gasteiger partial charge in [-0.25, -0.2) is 14.6 Å². The van der Waals surface area contributed by atoms with E-state index in [1.807, 2.05) is 0 Å². The second kappa shape index (κ2) is 9.14. The molecule has 1 aromatic carbocycles. The van der Waals surface area contributed by atoms with E-state index in [4.69, 9.17) is 21.1 Å². The van der Waals surface area contributed by atoms with Crippen LogP contribution in [0.25, 0.3) is 0 Å². The molecule has 1 amide bonds. The second-order valence-electron chi connectivity index (χ2n) is 5.67. The zero-order chi connectivity index (χ0) is 20.0. The summed E-state index contributed by atoms with van der Waals surface area (Å²) in [6.45, 7) is 4.98. The van der Waals surface area contributed by atoms with Gasteiger partial charge in [-0.05, 0) is 56.7 Å². The van der Waals surface area contributed by atoms with E-state index < -0.39 is 24.5 Å². The molecule has 0 aliphatic rings. The highest BCUT2D eigenvalue weighted by atomic mass is 35.5. The van der Waals surface area contributed by atoms with Crippen LogP contribution in [0.5, 0.6) is 0 Å². The van der Waals surface area contributed by atoms with Crippen LogP contribution in [-0.4, -0.2) is 36.0 Å². The molecule has 2 rings (SSSR count). The Hall–Kier alpha value is -2.93. The van der Waals surface area contributed by atoms with Gasteiger partial charge in [-0.15, -0.1) is 0 Å². The number of carbonyl (C=O) groups excluding carboxylic acids is 3. The van der Waals surface area contributed by atoms with E-state index in [1.54, 1.807) is 39.0 Å². The standard InChI is InChI=1S/C19H19ClN2O5/c1-4-26-18(24)13-5-7-14(8-6-13)22-15(23)10-27-19(25)16-11(2)9-12(3)21-17(16)20/h5-9H,4,10H2,1-3H3,(H,22,23). The first kappa shape index (κ1) is 20.4. The summed E-state index contributed by atoms with van der Waals surface area (Å²) < 4.78 is 9.89. The Bertz CT molecular complexity index is 842. The van der Waals surface area contributed by atoms with Gasteiger partial charge in [0, 0.05) is 11.4 Å². The maximum Gasteiger partial charge on any atom is 0.342 e. The van der Waals surface area contributed by atoms with Crippen LogP contribution < -0.4 is 5.32 Å². The third kappa shape index (κ3) is 5.52. The average Bonchev–Trinajstić information content (AvgIpc) is 2.60. The lowest BCUT2D eigenvalue weighted by molar-refractivity contribution is -0.119. The minimum atomic E-state index is -0.724. The lowest BCUT2D eigenvalue weighted by atomic mass is 10.1. The molecule has 0 radical (unpaired) electrons. The fourth-order valence-electron chi connectivity index (χ4n) is 2.34. The number of nitrogens with one attached hydrogen (secondary N) is 1. The Morgan fingerprint density at radius 2 is 1.74 bits per heavy atom. The second-order valence-corrected chi connectivity index (χ2v) is 6.03. The number of halogens is 1. The maximum absolute atomic E-state index is 12.2. The van der Waals surface area contributed by atoms with E-state index in [0.717, 1.165) is 0 Å². The van der Waals surface area contributed by atoms with Crippen molar-refractivity contribution in [2.45, 2.75) is 20.8 Å². The molecule has 0 unspecified atom stereocenters. The Labute approximate surface area is 161 Å². The molecule has 27 heavy (non-hydrogen) atoms. The lowest BCUT2D eigenvalue weighted by Gasteiger charge is -2.10. The van der Waals surface area contributed by atoms with Crippen molar-refractivity contribution in [3.8, 4) is 0 Å². The highest BCUT2D eigenvalue weighted by Gasteiger charge is 2.18. The Balaban J connectivity index is 1.93. The SMILES string of the molecule is CCOC(=O)c1ccc(NC(=O)COC(=O)c2c(C)cc(C)nc2Cl)cc1. The zero-order valence-electron chi connectivity index (χ0n) is 15.2. The van der Waals surface area contributed by atoms with Crippen molar-refractivity contribution < 1.29 is 23.9 Å². The van der Waals surface area contributed by atoms with E-state index in [-0.39, 0.29) is 17.3 Å². The number of aromatic nitrogens is 1. The van der Waals surface area contributed by atoms with Crippen LogP contribution in [0.3, 0.4) is 0 Å². The number of aryl methyl sites for hydroxylation is 2. The molecule has 142 valence electrons. The molecular formula is C19H19ClN2O5. The molecular weight excluding hydrogens is 372 g/mol. The monoisotopic (exact) mass is 390 g/mol. The van der Waals surface area contributed by atoms with Gasteiger partial charge in [-0.3, -0.25) is 4.79 Å². The predicted molar refractivity (Wildman–Crippen MR) is 100 cm³/mol. The smallest absolute Gasteiger partial charge is 0.342 e. The highest BCUT2D eigenvalue weighted by molar-refractivity contribution is 6.32. The molecule has 8 heteroatoms. The summed E-state index contributed by atoms with van der Waals surface area (Å²) in [6, 6.07) is 7.86. The number of nitrogens with zero attached hydrogens (tertiary/aromatic N) is 1. The van der Waals surface area contributed by atoms with Crippen molar-refractivity contribution in [3.63, 3.8) is 0 Å². The average molecular weight is 391 g/mol. The van der Waals surface area contributed by atoms with Crippen molar-refractivity contribution in [1.29, 1.82) is 0 Å². The topological polar surface area (TPSA) is 94.6 Å². The van der Waals surface area contributed by atoms with Crippen LogP contribution in [0.15, 0.2) is 30.3 Å². The van der Waals surface area contributed by atoms with Crippen molar-refractivity contribution >= 4 is 35.1 Å². The molecule has 0 bridgehead atoms. The largest absolute Gasteiger partial charge is 0.462 e. The minimum absolute atomic E-state index is 0.0347. The van der Waals surface area contributed by atoms with Crippen molar-refractivity contribution in [2.75, 3.05) is 18.5 Å². The van der Waals surface area contributed by atoms with Gasteiger partial charge in [0.05, 0.1) is 17.7 Å². The van der Waals surface area contributed by atoms with E-state index in [1.165, 1.54) is 12.1 Å². The zero-order valence-corrected chi connectivity index (χ0v) is 15.9. The van der Waals surface area contributed by atoms with Crippen molar-refractivity contribution in [2.24, 2.45) is 0 Å². The number of pyridine rings is 1. The van der Waals surface area contributed by atoms with Gasteiger partial charge in [-0.2, -0.15) is 0 Å². The number of benzene rings is 1. The fourth-order valence-corrected chi connectivity index (χ4v) is 2.70. The molecule has 1 aromatic heterocycles. The summed E-state index contributed by atoms with van der Waals surface area (Å²) in [6.07, 6.45) is 0. The first-order chi connectivity index (χ1) is 12.8. The highest BCUT2D eigenvalue weighted by Crippen LogP contribution is 2.19. The predicted octanol–water partition coefficient (Wildman–Crippen LogP) is 3.32. The van der Waals surface area contributed by atoms with E-state index in [2.05, 4.69) is 10.3 Å². The van der Waals surface area contributed by atoms with Crippen molar-refractivity contribution in [1.82, 2.24) is 4.98 Å². The summed E-state index contributed by atoms with van der Waals surface area (Å²) in [7, 11) is 0. The van der Waals surface area contributed by atoms with E-state index >= 15 is 0 Å². The molecule has 1 N–H and O–H groups in total. The lowest BCUT2D eigenvalue weighted by Crippen LogP contribution is -2.21. The molecule has 0 saturated heterocycles. The van der Waals surface area contributed by atoms with Crippen LogP contribution in [-0.2, 0) is 14.3 Å². The van der Waals surface area contributed by atoms with Gasteiger partial charge in [-0.1, -0.05) is 11.6 Å². The number of hydrogen-bond acceptors (Lipinski definition) is 6. The third-order valence-electron chi connectivity index (χ3n) is 3.52. The number of rotatable bonds is 6. The van der Waals surface area contributed by atoms with Crippen LogP contribution in [0.1, 0.15) is 38.9 Å². The molecule has 0 atom stereocenters. The summed E-state index contributed by atoms with van der Waals surface area (Å²) in [4.78, 5) is 39.7. The van der Waals surface area contributed by atoms with Crippen LogP contribution in [0, 0.1) is 13.8 Å². The minimum Gasteiger partial charge on any atom is -0.462 e. The van der Waals surface area contributed by atoms with Gasteiger partial charge in [0.2, 0.25) is 0 Å². The Morgan fingerprint density at radius 3 is 2.33 bits per heavy atom. The molecule has 0 aliphatic heterocycles. The molecule has 7 nitrogen and oxygen atoms in total. The first-order valence-corrected chi connectivity index (χ1v) is 8.57. The Morgan fingerprint density at radius 1 is 1.07 bits per heavy atom. The Kier molecular flexibility index (Phi) is 6.90. The van der Waals surface area contributed by atoms with Gasteiger partial charge in [0.15, 0.2) is 6.61 Å². The molecule has 2 aromatic rings. The quantitative estimate of drug-likeness (QED) is 0.600. The number of hydrogen-bond donors (Lipinski definition) is 1. The number of anilines is 1. The van der Waals surface area contributed by atoms with Crippen LogP contribution in [0.4, 0.5) is 5.69 Å². The normalized spacial score (nSPS) is 10.2. The molecule has 0 fully saturated rings. The van der Waals surface area contributed by atoms with E-state index in [9.17, 15) is 14.4 Å². The number of esters is 2. The molecule has 1 heterocycles. The molecule has 0 saturated carbocycles. The number of ether oxygens (including phenoxy) is 2. The van der Waals surface area contributed by atoms with Gasteiger partial charge < -0.3 is 14.8 Å². The molecule has 0 spiro atoms. The summed E-state index contributed by atoms with van der Waals surface area (Å²) >= 11 is 5.99. The summed E-state index contributed by atoms with van der Waals surface area (Å²) in [5.74, 6) is -1.69. The van der Waals surface area contributed by atoms with E-state index in [0.29, 0.717) is 22.5 Å². The van der Waals surface area contributed by atoms with Crippen LogP contribution >= 0.6 is 11.6 Å². The summed E-state index contributed by atoms with van der Waals surface area (Å²) in [5.41, 5.74) is 2.26.